The second-order valence-corrected chi connectivity index (χ2v) is 8.33. The lowest BCUT2D eigenvalue weighted by atomic mass is 10.1. The Morgan fingerprint density at radius 1 is 1.09 bits per heavy atom. The number of nitrogens with one attached hydrogen (secondary N) is 2. The van der Waals surface area contributed by atoms with Crippen LogP contribution >= 0.6 is 0 Å². The molecule has 9 heteroatoms. The molecule has 0 aliphatic carbocycles. The molecule has 0 spiro atoms. The minimum absolute atomic E-state index is 0.0224. The van der Waals surface area contributed by atoms with E-state index in [0.717, 1.165) is 28.1 Å². The fourth-order valence-electron chi connectivity index (χ4n) is 4.20. The summed E-state index contributed by atoms with van der Waals surface area (Å²) in [4.78, 5) is 42.1. The summed E-state index contributed by atoms with van der Waals surface area (Å²) >= 11 is 0. The lowest BCUT2D eigenvalue weighted by molar-refractivity contribution is -0.133. The number of amides is 4. The number of imide groups is 1. The number of rotatable bonds is 7. The SMILES string of the molecule is CCc1cccc(C)c1NC(=O)CN1C(=O)N(Cc2ccc(F)cc2)C(=O)C2NN(CC)C=C21. The van der Waals surface area contributed by atoms with Crippen LogP contribution in [0.15, 0.2) is 54.4 Å². The number of benzene rings is 2. The molecule has 2 aromatic rings. The van der Waals surface area contributed by atoms with Crippen LogP contribution < -0.4 is 10.7 Å². The Kier molecular flexibility index (Phi) is 6.65. The van der Waals surface area contributed by atoms with Gasteiger partial charge in [0.25, 0.3) is 5.91 Å². The molecule has 4 amide bonds. The van der Waals surface area contributed by atoms with Crippen LogP contribution in [0.2, 0.25) is 0 Å². The maximum absolute atomic E-state index is 13.4. The van der Waals surface area contributed by atoms with Crippen LogP contribution in [0, 0.1) is 12.7 Å². The van der Waals surface area contributed by atoms with Crippen molar-refractivity contribution in [3.8, 4) is 0 Å². The van der Waals surface area contributed by atoms with E-state index in [-0.39, 0.29) is 19.0 Å². The van der Waals surface area contributed by atoms with Gasteiger partial charge in [-0.15, -0.1) is 0 Å². The van der Waals surface area contributed by atoms with E-state index in [1.807, 2.05) is 39.0 Å². The number of hydrogen-bond acceptors (Lipinski definition) is 5. The summed E-state index contributed by atoms with van der Waals surface area (Å²) in [6, 6.07) is 10.1. The standard InChI is InChI=1S/C25H28FN5O3/c1-4-18-8-6-7-16(3)22(18)27-21(32)15-30-20-14-29(5-2)28-23(20)24(33)31(25(30)34)13-17-9-11-19(26)12-10-17/h6-12,14,23,28H,4-5,13,15H2,1-3H3,(H,27,32). The predicted octanol–water partition coefficient (Wildman–Crippen LogP) is 3.15. The maximum atomic E-state index is 13.4. The molecule has 2 aliphatic heterocycles. The van der Waals surface area contributed by atoms with Crippen molar-refractivity contribution < 1.29 is 18.8 Å². The molecule has 178 valence electrons. The van der Waals surface area contributed by atoms with E-state index in [2.05, 4.69) is 10.7 Å². The lowest BCUT2D eigenvalue weighted by Gasteiger charge is -2.37. The summed E-state index contributed by atoms with van der Waals surface area (Å²) in [7, 11) is 0. The molecule has 1 unspecified atom stereocenters. The zero-order valence-electron chi connectivity index (χ0n) is 19.5. The fraction of sp³-hybridized carbons (Fsp3) is 0.320. The number of nitrogens with zero attached hydrogens (tertiary/aromatic N) is 3. The zero-order chi connectivity index (χ0) is 24.4. The van der Waals surface area contributed by atoms with Gasteiger partial charge in [0.1, 0.15) is 18.4 Å². The van der Waals surface area contributed by atoms with Gasteiger partial charge in [0, 0.05) is 18.4 Å². The van der Waals surface area contributed by atoms with E-state index in [1.165, 1.54) is 29.2 Å². The van der Waals surface area contributed by atoms with Crippen LogP contribution in [0.5, 0.6) is 0 Å². The molecule has 4 rings (SSSR count). The van der Waals surface area contributed by atoms with Gasteiger partial charge in [-0.1, -0.05) is 37.3 Å². The predicted molar refractivity (Wildman–Crippen MR) is 126 cm³/mol. The van der Waals surface area contributed by atoms with Crippen molar-refractivity contribution in [1.29, 1.82) is 0 Å². The average Bonchev–Trinajstić information content (AvgIpc) is 3.27. The van der Waals surface area contributed by atoms with Crippen molar-refractivity contribution in [2.75, 3.05) is 18.4 Å². The highest BCUT2D eigenvalue weighted by Gasteiger charge is 2.46. The Hall–Kier alpha value is -3.72. The van der Waals surface area contributed by atoms with Crippen molar-refractivity contribution in [1.82, 2.24) is 20.2 Å². The molecule has 2 aliphatic rings. The van der Waals surface area contributed by atoms with Gasteiger partial charge in [-0.05, 0) is 49.1 Å². The summed E-state index contributed by atoms with van der Waals surface area (Å²) in [5, 5.41) is 4.66. The molecule has 2 heterocycles. The van der Waals surface area contributed by atoms with Gasteiger partial charge in [0.05, 0.1) is 12.2 Å². The maximum Gasteiger partial charge on any atom is 0.331 e. The van der Waals surface area contributed by atoms with Gasteiger partial charge in [-0.3, -0.25) is 19.4 Å². The normalized spacial score (nSPS) is 17.7. The Balaban J connectivity index is 1.60. The smallest absolute Gasteiger partial charge is 0.324 e. The van der Waals surface area contributed by atoms with Crippen LogP contribution in [0.1, 0.15) is 30.5 Å². The summed E-state index contributed by atoms with van der Waals surface area (Å²) in [5.41, 5.74) is 6.80. The van der Waals surface area contributed by atoms with Crippen LogP contribution in [0.25, 0.3) is 0 Å². The number of aryl methyl sites for hydroxylation is 2. The van der Waals surface area contributed by atoms with Gasteiger partial charge in [-0.2, -0.15) is 0 Å². The van der Waals surface area contributed by atoms with Crippen LogP contribution in [-0.2, 0) is 22.6 Å². The van der Waals surface area contributed by atoms with Crippen molar-refractivity contribution in [3.63, 3.8) is 0 Å². The topological polar surface area (TPSA) is 85.0 Å². The summed E-state index contributed by atoms with van der Waals surface area (Å²) in [5.74, 6) is -1.18. The Morgan fingerprint density at radius 2 is 1.82 bits per heavy atom. The molecule has 1 saturated heterocycles. The minimum atomic E-state index is -0.782. The van der Waals surface area contributed by atoms with Crippen molar-refractivity contribution in [3.05, 3.63) is 76.9 Å². The third-order valence-corrected chi connectivity index (χ3v) is 6.07. The first kappa shape index (κ1) is 23.4. The molecule has 8 nitrogen and oxygen atoms in total. The van der Waals surface area contributed by atoms with Crippen molar-refractivity contribution in [2.45, 2.75) is 39.8 Å². The highest BCUT2D eigenvalue weighted by molar-refractivity contribution is 6.05. The number of carbonyl (C=O) groups is 3. The number of para-hydroxylation sites is 1. The molecule has 1 fully saturated rings. The highest BCUT2D eigenvalue weighted by Crippen LogP contribution is 2.28. The molecule has 2 aromatic carbocycles. The molecular formula is C25H28FN5O3. The molecule has 0 bridgehead atoms. The lowest BCUT2D eigenvalue weighted by Crippen LogP contribution is -2.61. The first-order valence-electron chi connectivity index (χ1n) is 11.3. The third kappa shape index (κ3) is 4.51. The van der Waals surface area contributed by atoms with E-state index in [4.69, 9.17) is 0 Å². The highest BCUT2D eigenvalue weighted by atomic mass is 19.1. The largest absolute Gasteiger partial charge is 0.331 e. The Labute approximate surface area is 198 Å². The molecule has 34 heavy (non-hydrogen) atoms. The van der Waals surface area contributed by atoms with Gasteiger partial charge in [0.2, 0.25) is 5.91 Å². The van der Waals surface area contributed by atoms with Gasteiger partial charge < -0.3 is 10.3 Å². The number of urea groups is 1. The summed E-state index contributed by atoms with van der Waals surface area (Å²) in [6.45, 7) is 6.14. The average molecular weight is 466 g/mol. The minimum Gasteiger partial charge on any atom is -0.324 e. The van der Waals surface area contributed by atoms with E-state index in [1.54, 1.807) is 11.2 Å². The Morgan fingerprint density at radius 3 is 2.50 bits per heavy atom. The molecule has 0 saturated carbocycles. The van der Waals surface area contributed by atoms with E-state index < -0.39 is 23.8 Å². The molecular weight excluding hydrogens is 437 g/mol. The third-order valence-electron chi connectivity index (χ3n) is 6.07. The number of hydrazine groups is 1. The van der Waals surface area contributed by atoms with E-state index in [9.17, 15) is 18.8 Å². The van der Waals surface area contributed by atoms with Gasteiger partial charge in [0.15, 0.2) is 0 Å². The summed E-state index contributed by atoms with van der Waals surface area (Å²) in [6.07, 6.45) is 2.44. The van der Waals surface area contributed by atoms with E-state index >= 15 is 0 Å². The van der Waals surface area contributed by atoms with Crippen LogP contribution in [0.4, 0.5) is 14.9 Å². The molecule has 1 atom stereocenters. The number of carbonyl (C=O) groups excluding carboxylic acids is 3. The molecule has 0 radical (unpaired) electrons. The van der Waals surface area contributed by atoms with Gasteiger partial charge >= 0.3 is 6.03 Å². The van der Waals surface area contributed by atoms with Gasteiger partial charge in [-0.25, -0.2) is 14.6 Å². The number of hydrogen-bond donors (Lipinski definition) is 2. The fourth-order valence-corrected chi connectivity index (χ4v) is 4.20. The monoisotopic (exact) mass is 465 g/mol. The van der Waals surface area contributed by atoms with Crippen molar-refractivity contribution >= 4 is 23.5 Å². The van der Waals surface area contributed by atoms with Crippen LogP contribution in [-0.4, -0.2) is 51.8 Å². The second-order valence-electron chi connectivity index (χ2n) is 8.33. The Bertz CT molecular complexity index is 1150. The van der Waals surface area contributed by atoms with E-state index in [0.29, 0.717) is 17.8 Å². The zero-order valence-corrected chi connectivity index (χ0v) is 19.5. The number of fused-ring (bicyclic) bond motifs is 1. The molecule has 2 N–H and O–H groups in total. The second kappa shape index (κ2) is 9.64. The quantitative estimate of drug-likeness (QED) is 0.656. The van der Waals surface area contributed by atoms with Crippen LogP contribution in [0.3, 0.4) is 0 Å². The molecule has 0 aromatic heterocycles. The first-order chi connectivity index (χ1) is 16.3. The van der Waals surface area contributed by atoms with Crippen molar-refractivity contribution in [2.24, 2.45) is 0 Å². The number of halogens is 1. The number of anilines is 1. The first-order valence-corrected chi connectivity index (χ1v) is 11.3. The summed E-state index contributed by atoms with van der Waals surface area (Å²) < 4.78 is 13.3.